The smallest absolute Gasteiger partial charge is 0.307 e. The average Bonchev–Trinajstić information content (AvgIpc) is 2.95. The second-order valence-corrected chi connectivity index (χ2v) is 7.23. The van der Waals surface area contributed by atoms with Crippen LogP contribution in [0.5, 0.6) is 0 Å². The number of amides is 1. The number of hydrogen-bond donors (Lipinski definition) is 2. The Kier molecular flexibility index (Phi) is 7.90. The number of anilines is 1. The van der Waals surface area contributed by atoms with Gasteiger partial charge in [0.05, 0.1) is 12.5 Å². The van der Waals surface area contributed by atoms with Crippen molar-refractivity contribution >= 4 is 30.0 Å². The summed E-state index contributed by atoms with van der Waals surface area (Å²) in [6.07, 6.45) is 0.614. The van der Waals surface area contributed by atoms with Crippen molar-refractivity contribution < 1.29 is 14.7 Å². The Hall–Kier alpha value is -1.59. The number of hydrogen-bond acceptors (Lipinski definition) is 3. The Labute approximate surface area is 156 Å². The number of nitrogens with one attached hydrogen (secondary N) is 1. The van der Waals surface area contributed by atoms with Gasteiger partial charge in [-0.05, 0) is 35.9 Å². The SMILES string of the molecule is CC(C)c1cccc(C(C)C)c1NC(=O)CN1CCC(C(=O)O)C1.Cl. The summed E-state index contributed by atoms with van der Waals surface area (Å²) in [5.74, 6) is -0.558. The molecule has 0 saturated carbocycles. The molecule has 1 fully saturated rings. The first-order valence-corrected chi connectivity index (χ1v) is 8.67. The fourth-order valence-electron chi connectivity index (χ4n) is 3.26. The number of nitrogens with zero attached hydrogens (tertiary/aromatic N) is 1. The van der Waals surface area contributed by atoms with Crippen LogP contribution < -0.4 is 5.32 Å². The molecule has 1 unspecified atom stereocenters. The molecule has 1 aromatic rings. The zero-order valence-electron chi connectivity index (χ0n) is 15.4. The van der Waals surface area contributed by atoms with Crippen LogP contribution in [0.3, 0.4) is 0 Å². The third-order valence-electron chi connectivity index (χ3n) is 4.63. The number of aliphatic carboxylic acids is 1. The number of benzene rings is 1. The lowest BCUT2D eigenvalue weighted by atomic mass is 9.92. The number of rotatable bonds is 6. The van der Waals surface area contributed by atoms with Gasteiger partial charge in [-0.3, -0.25) is 14.5 Å². The van der Waals surface area contributed by atoms with Crippen LogP contribution in [0.15, 0.2) is 18.2 Å². The molecule has 1 saturated heterocycles. The molecule has 1 aliphatic rings. The van der Waals surface area contributed by atoms with E-state index in [4.69, 9.17) is 5.11 Å². The predicted molar refractivity (Wildman–Crippen MR) is 103 cm³/mol. The summed E-state index contributed by atoms with van der Waals surface area (Å²) in [6, 6.07) is 6.16. The summed E-state index contributed by atoms with van der Waals surface area (Å²) < 4.78 is 0. The number of likely N-dealkylation sites (tertiary alicyclic amines) is 1. The third-order valence-corrected chi connectivity index (χ3v) is 4.63. The summed E-state index contributed by atoms with van der Waals surface area (Å²) in [6.45, 7) is 9.83. The van der Waals surface area contributed by atoms with Crippen molar-refractivity contribution in [2.45, 2.75) is 46.0 Å². The standard InChI is InChI=1S/C19H28N2O3.ClH/c1-12(2)15-6-5-7-16(13(3)4)18(15)20-17(22)11-21-9-8-14(10-21)19(23)24;/h5-7,12-14H,8-11H2,1-4H3,(H,20,22)(H,23,24);1H. The van der Waals surface area contributed by atoms with Crippen molar-refractivity contribution in [2.24, 2.45) is 5.92 Å². The molecule has 0 radical (unpaired) electrons. The lowest BCUT2D eigenvalue weighted by Gasteiger charge is -2.21. The van der Waals surface area contributed by atoms with Crippen molar-refractivity contribution in [3.8, 4) is 0 Å². The fraction of sp³-hybridized carbons (Fsp3) is 0.579. The molecule has 1 amide bonds. The summed E-state index contributed by atoms with van der Waals surface area (Å²) >= 11 is 0. The molecule has 0 aromatic heterocycles. The van der Waals surface area contributed by atoms with Crippen LogP contribution in [-0.2, 0) is 9.59 Å². The second kappa shape index (κ2) is 9.20. The zero-order valence-corrected chi connectivity index (χ0v) is 16.2. The first kappa shape index (κ1) is 21.5. The van der Waals surface area contributed by atoms with Gasteiger partial charge in [0.1, 0.15) is 0 Å². The highest BCUT2D eigenvalue weighted by molar-refractivity contribution is 5.94. The molecule has 2 N–H and O–H groups in total. The van der Waals surface area contributed by atoms with Gasteiger partial charge >= 0.3 is 5.97 Å². The molecule has 25 heavy (non-hydrogen) atoms. The molecular formula is C19H29ClN2O3. The Bertz CT molecular complexity index is 590. The first-order valence-electron chi connectivity index (χ1n) is 8.67. The van der Waals surface area contributed by atoms with Crippen LogP contribution in [0, 0.1) is 5.92 Å². The predicted octanol–water partition coefficient (Wildman–Crippen LogP) is 3.70. The Morgan fingerprint density at radius 1 is 1.20 bits per heavy atom. The maximum atomic E-state index is 12.5. The van der Waals surface area contributed by atoms with Crippen LogP contribution in [-0.4, -0.2) is 41.5 Å². The average molecular weight is 369 g/mol. The third kappa shape index (κ3) is 5.44. The van der Waals surface area contributed by atoms with Crippen LogP contribution in [0.1, 0.15) is 57.1 Å². The Balaban J connectivity index is 0.00000312. The molecular weight excluding hydrogens is 340 g/mol. The lowest BCUT2D eigenvalue weighted by molar-refractivity contribution is -0.141. The van der Waals surface area contributed by atoms with E-state index in [0.29, 0.717) is 31.3 Å². The van der Waals surface area contributed by atoms with Gasteiger partial charge in [-0.25, -0.2) is 0 Å². The molecule has 6 heteroatoms. The minimum Gasteiger partial charge on any atom is -0.481 e. The summed E-state index contributed by atoms with van der Waals surface area (Å²) in [5.41, 5.74) is 3.19. The van der Waals surface area contributed by atoms with E-state index in [9.17, 15) is 9.59 Å². The van der Waals surface area contributed by atoms with Gasteiger partial charge in [-0.2, -0.15) is 0 Å². The van der Waals surface area contributed by atoms with Crippen LogP contribution >= 0.6 is 12.4 Å². The quantitative estimate of drug-likeness (QED) is 0.803. The van der Waals surface area contributed by atoms with E-state index in [2.05, 4.69) is 45.1 Å². The number of carbonyl (C=O) groups is 2. The summed E-state index contributed by atoms with van der Waals surface area (Å²) in [5, 5.41) is 12.2. The van der Waals surface area contributed by atoms with Gasteiger partial charge in [0, 0.05) is 12.2 Å². The second-order valence-electron chi connectivity index (χ2n) is 7.23. The van der Waals surface area contributed by atoms with Crippen molar-refractivity contribution in [3.63, 3.8) is 0 Å². The highest BCUT2D eigenvalue weighted by atomic mass is 35.5. The monoisotopic (exact) mass is 368 g/mol. The van der Waals surface area contributed by atoms with Crippen molar-refractivity contribution in [2.75, 3.05) is 25.0 Å². The molecule has 1 atom stereocenters. The van der Waals surface area contributed by atoms with Crippen molar-refractivity contribution in [1.82, 2.24) is 4.90 Å². The minimum absolute atomic E-state index is 0. The van der Waals surface area contributed by atoms with E-state index in [1.54, 1.807) is 0 Å². The van der Waals surface area contributed by atoms with Crippen LogP contribution in [0.25, 0.3) is 0 Å². The normalized spacial score (nSPS) is 17.6. The van der Waals surface area contributed by atoms with E-state index in [1.165, 1.54) is 0 Å². The molecule has 0 bridgehead atoms. The molecule has 0 aliphatic carbocycles. The molecule has 0 spiro atoms. The van der Waals surface area contributed by atoms with E-state index in [-0.39, 0.29) is 30.8 Å². The highest BCUT2D eigenvalue weighted by Crippen LogP contribution is 2.32. The molecule has 1 aromatic carbocycles. The summed E-state index contributed by atoms with van der Waals surface area (Å²) in [4.78, 5) is 25.4. The van der Waals surface area contributed by atoms with Gasteiger partial charge in [0.25, 0.3) is 0 Å². The van der Waals surface area contributed by atoms with Gasteiger partial charge in [-0.1, -0.05) is 45.9 Å². The van der Waals surface area contributed by atoms with Crippen molar-refractivity contribution in [3.05, 3.63) is 29.3 Å². The zero-order chi connectivity index (χ0) is 17.9. The summed E-state index contributed by atoms with van der Waals surface area (Å²) in [7, 11) is 0. The van der Waals surface area contributed by atoms with E-state index < -0.39 is 5.97 Å². The topological polar surface area (TPSA) is 69.6 Å². The lowest BCUT2D eigenvalue weighted by Crippen LogP contribution is -2.33. The number of halogens is 1. The molecule has 5 nitrogen and oxygen atoms in total. The van der Waals surface area contributed by atoms with Crippen LogP contribution in [0.4, 0.5) is 5.69 Å². The molecule has 2 rings (SSSR count). The van der Waals surface area contributed by atoms with Crippen LogP contribution in [0.2, 0.25) is 0 Å². The van der Waals surface area contributed by atoms with Gasteiger partial charge in [-0.15, -0.1) is 12.4 Å². The minimum atomic E-state index is -0.773. The Morgan fingerprint density at radius 2 is 1.76 bits per heavy atom. The maximum Gasteiger partial charge on any atom is 0.307 e. The Morgan fingerprint density at radius 3 is 2.20 bits per heavy atom. The fourth-order valence-corrected chi connectivity index (χ4v) is 3.26. The molecule has 1 heterocycles. The highest BCUT2D eigenvalue weighted by Gasteiger charge is 2.29. The number of para-hydroxylation sites is 1. The van der Waals surface area contributed by atoms with Gasteiger partial charge in [0.2, 0.25) is 5.91 Å². The molecule has 140 valence electrons. The maximum absolute atomic E-state index is 12.5. The number of carboxylic acids is 1. The van der Waals surface area contributed by atoms with Crippen molar-refractivity contribution in [1.29, 1.82) is 0 Å². The van der Waals surface area contributed by atoms with E-state index in [1.807, 2.05) is 11.0 Å². The largest absolute Gasteiger partial charge is 0.481 e. The number of carbonyl (C=O) groups excluding carboxylic acids is 1. The van der Waals surface area contributed by atoms with E-state index >= 15 is 0 Å². The van der Waals surface area contributed by atoms with E-state index in [0.717, 1.165) is 16.8 Å². The van der Waals surface area contributed by atoms with Gasteiger partial charge in [0.15, 0.2) is 0 Å². The van der Waals surface area contributed by atoms with Gasteiger partial charge < -0.3 is 10.4 Å². The number of carboxylic acid groups (broad SMARTS) is 1. The molecule has 1 aliphatic heterocycles. The first-order chi connectivity index (χ1) is 11.3.